The number of hydrogen-bond acceptors (Lipinski definition) is 2. The zero-order valence-corrected chi connectivity index (χ0v) is 15.9. The maximum atomic E-state index is 13.9. The Labute approximate surface area is 167 Å². The Kier molecular flexibility index (Phi) is 4.14. The molecule has 0 spiro atoms. The molecule has 142 valence electrons. The van der Waals surface area contributed by atoms with Crippen LogP contribution in [0.2, 0.25) is 0 Å². The van der Waals surface area contributed by atoms with Gasteiger partial charge in [-0.15, -0.1) is 0 Å². The summed E-state index contributed by atoms with van der Waals surface area (Å²) >= 11 is 0. The topological polar surface area (TPSA) is 37.5 Å². The van der Waals surface area contributed by atoms with Crippen LogP contribution in [0, 0.1) is 5.82 Å². The molecule has 2 heterocycles. The first-order valence-corrected chi connectivity index (χ1v) is 9.54. The normalized spacial score (nSPS) is 12.5. The molecule has 1 unspecified atom stereocenters. The lowest BCUT2D eigenvalue weighted by atomic mass is 9.98. The van der Waals surface area contributed by atoms with Gasteiger partial charge >= 0.3 is 0 Å². The Balaban J connectivity index is 1.61. The lowest BCUT2D eigenvalue weighted by Gasteiger charge is -2.12. The summed E-state index contributed by atoms with van der Waals surface area (Å²) in [4.78, 5) is 4.74. The lowest BCUT2D eigenvalue weighted by molar-refractivity contribution is 0.200. The van der Waals surface area contributed by atoms with E-state index in [2.05, 4.69) is 30.3 Å². The number of aliphatic hydroxyl groups is 1. The molecule has 0 radical (unpaired) electrons. The monoisotopic (exact) mass is 382 g/mol. The van der Waals surface area contributed by atoms with Crippen molar-refractivity contribution < 1.29 is 9.50 Å². The third-order valence-electron chi connectivity index (χ3n) is 5.27. The van der Waals surface area contributed by atoms with E-state index in [0.29, 0.717) is 11.1 Å². The molecule has 4 heteroatoms. The second kappa shape index (κ2) is 6.83. The second-order valence-electron chi connectivity index (χ2n) is 7.28. The van der Waals surface area contributed by atoms with E-state index in [4.69, 9.17) is 4.98 Å². The minimum atomic E-state index is -0.683. The molecule has 0 amide bonds. The SMILES string of the molecule is CC(O)c1ccc(F)cc1-c1ccc2nc(-c3ccc4ccccc4c3)cn2c1. The number of rotatable bonds is 3. The summed E-state index contributed by atoms with van der Waals surface area (Å²) in [6, 6.07) is 22.8. The van der Waals surface area contributed by atoms with Crippen LogP contribution in [0.1, 0.15) is 18.6 Å². The molecule has 29 heavy (non-hydrogen) atoms. The second-order valence-corrected chi connectivity index (χ2v) is 7.28. The van der Waals surface area contributed by atoms with Crippen molar-refractivity contribution in [3.8, 4) is 22.4 Å². The molecular weight excluding hydrogens is 363 g/mol. The molecule has 1 atom stereocenters. The van der Waals surface area contributed by atoms with Gasteiger partial charge in [0.2, 0.25) is 0 Å². The zero-order valence-electron chi connectivity index (χ0n) is 15.9. The summed E-state index contributed by atoms with van der Waals surface area (Å²) < 4.78 is 15.8. The average molecular weight is 382 g/mol. The molecule has 5 rings (SSSR count). The molecule has 2 aromatic heterocycles. The van der Waals surface area contributed by atoms with Crippen LogP contribution in [0.3, 0.4) is 0 Å². The van der Waals surface area contributed by atoms with Crippen LogP contribution in [0.25, 0.3) is 38.8 Å². The van der Waals surface area contributed by atoms with Gasteiger partial charge in [-0.2, -0.15) is 0 Å². The minimum Gasteiger partial charge on any atom is -0.389 e. The van der Waals surface area contributed by atoms with Gasteiger partial charge in [0.25, 0.3) is 0 Å². The van der Waals surface area contributed by atoms with E-state index in [1.165, 1.54) is 22.9 Å². The third kappa shape index (κ3) is 3.18. The van der Waals surface area contributed by atoms with E-state index in [-0.39, 0.29) is 5.82 Å². The summed E-state index contributed by atoms with van der Waals surface area (Å²) in [5.41, 5.74) is 4.94. The fourth-order valence-electron chi connectivity index (χ4n) is 3.78. The van der Waals surface area contributed by atoms with Crippen molar-refractivity contribution in [2.24, 2.45) is 0 Å². The number of aliphatic hydroxyl groups excluding tert-OH is 1. The molecule has 0 bridgehead atoms. The zero-order chi connectivity index (χ0) is 20.0. The number of nitrogens with zero attached hydrogens (tertiary/aromatic N) is 2. The van der Waals surface area contributed by atoms with Crippen molar-refractivity contribution >= 4 is 16.4 Å². The van der Waals surface area contributed by atoms with Crippen LogP contribution in [0.5, 0.6) is 0 Å². The molecule has 0 fully saturated rings. The first-order chi connectivity index (χ1) is 14.1. The molecule has 5 aromatic rings. The van der Waals surface area contributed by atoms with Gasteiger partial charge in [0.15, 0.2) is 0 Å². The quantitative estimate of drug-likeness (QED) is 0.415. The number of fused-ring (bicyclic) bond motifs is 2. The van der Waals surface area contributed by atoms with E-state index in [0.717, 1.165) is 22.5 Å². The highest BCUT2D eigenvalue weighted by molar-refractivity contribution is 5.87. The Hall–Kier alpha value is -3.50. The molecule has 0 aliphatic carbocycles. The molecule has 0 aliphatic rings. The summed E-state index contributed by atoms with van der Waals surface area (Å²) in [5, 5.41) is 12.4. The highest BCUT2D eigenvalue weighted by Crippen LogP contribution is 2.30. The number of imidazole rings is 1. The number of hydrogen-bond donors (Lipinski definition) is 1. The van der Waals surface area contributed by atoms with Crippen LogP contribution >= 0.6 is 0 Å². The van der Waals surface area contributed by atoms with Crippen LogP contribution in [0.15, 0.2) is 85.2 Å². The van der Waals surface area contributed by atoms with E-state index >= 15 is 0 Å². The number of benzene rings is 3. The number of pyridine rings is 1. The van der Waals surface area contributed by atoms with E-state index in [1.807, 2.05) is 41.1 Å². The van der Waals surface area contributed by atoms with Crippen molar-refractivity contribution in [2.45, 2.75) is 13.0 Å². The van der Waals surface area contributed by atoms with E-state index < -0.39 is 6.10 Å². The van der Waals surface area contributed by atoms with Gasteiger partial charge < -0.3 is 9.51 Å². The van der Waals surface area contributed by atoms with Gasteiger partial charge in [0, 0.05) is 18.0 Å². The molecule has 3 aromatic carbocycles. The maximum Gasteiger partial charge on any atom is 0.137 e. The molecule has 0 aliphatic heterocycles. The minimum absolute atomic E-state index is 0.327. The largest absolute Gasteiger partial charge is 0.389 e. The lowest BCUT2D eigenvalue weighted by Crippen LogP contribution is -1.97. The van der Waals surface area contributed by atoms with Gasteiger partial charge in [0.1, 0.15) is 11.5 Å². The van der Waals surface area contributed by atoms with Gasteiger partial charge in [-0.1, -0.05) is 42.5 Å². The van der Waals surface area contributed by atoms with E-state index in [1.54, 1.807) is 13.0 Å². The maximum absolute atomic E-state index is 13.9. The summed E-state index contributed by atoms with van der Waals surface area (Å²) in [6.07, 6.45) is 3.22. The Morgan fingerprint density at radius 3 is 2.48 bits per heavy atom. The first-order valence-electron chi connectivity index (χ1n) is 9.54. The van der Waals surface area contributed by atoms with Gasteiger partial charge in [-0.25, -0.2) is 9.37 Å². The van der Waals surface area contributed by atoms with Crippen LogP contribution in [0.4, 0.5) is 4.39 Å². The van der Waals surface area contributed by atoms with Gasteiger partial charge in [0.05, 0.1) is 11.8 Å². The number of aromatic nitrogens is 2. The Morgan fingerprint density at radius 1 is 0.862 bits per heavy atom. The molecule has 1 N–H and O–H groups in total. The molecule has 0 saturated carbocycles. The summed E-state index contributed by atoms with van der Waals surface area (Å²) in [6.45, 7) is 1.68. The molecule has 3 nitrogen and oxygen atoms in total. The van der Waals surface area contributed by atoms with Crippen molar-refractivity contribution in [2.75, 3.05) is 0 Å². The highest BCUT2D eigenvalue weighted by atomic mass is 19.1. The Bertz CT molecular complexity index is 1350. The predicted octanol–water partition coefficient (Wildman–Crippen LogP) is 6.01. The molecule has 0 saturated heterocycles. The van der Waals surface area contributed by atoms with Crippen molar-refractivity contribution in [3.05, 3.63) is 96.6 Å². The first kappa shape index (κ1) is 17.6. The smallest absolute Gasteiger partial charge is 0.137 e. The van der Waals surface area contributed by atoms with E-state index in [9.17, 15) is 9.50 Å². The predicted molar refractivity (Wildman–Crippen MR) is 114 cm³/mol. The van der Waals surface area contributed by atoms with Crippen LogP contribution in [-0.2, 0) is 0 Å². The van der Waals surface area contributed by atoms with Crippen molar-refractivity contribution in [3.63, 3.8) is 0 Å². The number of halogens is 1. The summed E-state index contributed by atoms with van der Waals surface area (Å²) in [5.74, 6) is -0.327. The van der Waals surface area contributed by atoms with Crippen LogP contribution in [-0.4, -0.2) is 14.5 Å². The fraction of sp³-hybridized carbons (Fsp3) is 0.0800. The van der Waals surface area contributed by atoms with Gasteiger partial charge in [-0.05, 0) is 64.7 Å². The molecular formula is C25H19FN2O. The van der Waals surface area contributed by atoms with Crippen molar-refractivity contribution in [1.82, 2.24) is 9.38 Å². The fourth-order valence-corrected chi connectivity index (χ4v) is 3.78. The van der Waals surface area contributed by atoms with Crippen LogP contribution < -0.4 is 0 Å². The van der Waals surface area contributed by atoms with Gasteiger partial charge in [-0.3, -0.25) is 0 Å². The summed E-state index contributed by atoms with van der Waals surface area (Å²) in [7, 11) is 0. The highest BCUT2D eigenvalue weighted by Gasteiger charge is 2.13. The average Bonchev–Trinajstić information content (AvgIpc) is 3.16. The van der Waals surface area contributed by atoms with Crippen molar-refractivity contribution in [1.29, 1.82) is 0 Å². The Morgan fingerprint density at radius 2 is 1.66 bits per heavy atom. The standard InChI is InChI=1S/C25H19FN2O/c1-16(29)22-10-9-21(26)13-23(22)20-8-11-25-27-24(15-28(25)14-20)19-7-6-17-4-2-3-5-18(17)12-19/h2-16,29H,1H3. The third-order valence-corrected chi connectivity index (χ3v) is 5.27.